The predicted molar refractivity (Wildman–Crippen MR) is 64.9 cm³/mol. The van der Waals surface area contributed by atoms with E-state index in [0.717, 1.165) is 4.57 Å². The Morgan fingerprint density at radius 1 is 1.56 bits per heavy atom. The zero-order valence-electron chi connectivity index (χ0n) is 9.05. The first-order chi connectivity index (χ1) is 8.47. The maximum Gasteiger partial charge on any atom is 0.356 e. The normalized spacial score (nSPS) is 10.3. The molecule has 0 unspecified atom stereocenters. The third-order valence-electron chi connectivity index (χ3n) is 2.44. The first kappa shape index (κ1) is 12.0. The summed E-state index contributed by atoms with van der Waals surface area (Å²) in [5.41, 5.74) is -1.14. The molecule has 18 heavy (non-hydrogen) atoms. The van der Waals surface area contributed by atoms with E-state index in [1.54, 1.807) is 0 Å². The molecule has 0 aliphatic carbocycles. The van der Waals surface area contributed by atoms with Gasteiger partial charge in [0.05, 0.1) is 10.4 Å². The van der Waals surface area contributed by atoms with Gasteiger partial charge in [-0.15, -0.1) is 4.98 Å². The van der Waals surface area contributed by atoms with Crippen molar-refractivity contribution >= 4 is 34.1 Å². The van der Waals surface area contributed by atoms with Crippen molar-refractivity contribution in [1.82, 2.24) is 9.55 Å². The van der Waals surface area contributed by atoms with E-state index in [1.165, 1.54) is 19.2 Å². The molecule has 0 aliphatic heterocycles. The van der Waals surface area contributed by atoms with Crippen molar-refractivity contribution < 1.29 is 4.92 Å². The number of hydrogen-bond acceptors (Lipinski definition) is 4. The van der Waals surface area contributed by atoms with Crippen LogP contribution in [0.3, 0.4) is 0 Å². The predicted octanol–water partition coefficient (Wildman–Crippen LogP) is 2.05. The lowest BCUT2D eigenvalue weighted by atomic mass is 10.3. The standard InChI is InChI=1S/C10H5ClN4O3/c1-12-6-4-3-5-8(13-6)7(11)9(15(17)18)10(16)14(5)2/h3-4H,2H3. The van der Waals surface area contributed by atoms with Gasteiger partial charge in [-0.2, -0.15) is 0 Å². The molecule has 0 amide bonds. The molecule has 0 N–H and O–H groups in total. The molecule has 0 fully saturated rings. The van der Waals surface area contributed by atoms with E-state index in [-0.39, 0.29) is 16.4 Å². The second kappa shape index (κ2) is 4.09. The minimum absolute atomic E-state index is 0.0531. The number of pyridine rings is 2. The second-order valence-electron chi connectivity index (χ2n) is 3.43. The van der Waals surface area contributed by atoms with Crippen LogP contribution in [-0.4, -0.2) is 14.5 Å². The third-order valence-corrected chi connectivity index (χ3v) is 2.80. The SMILES string of the molecule is [C-]#[N+]c1ccc2c(n1)c(Cl)c([N+](=O)[O-])c(=O)n2C. The second-order valence-corrected chi connectivity index (χ2v) is 3.81. The highest BCUT2D eigenvalue weighted by molar-refractivity contribution is 6.37. The van der Waals surface area contributed by atoms with Crippen LogP contribution in [0, 0.1) is 16.7 Å². The lowest BCUT2D eigenvalue weighted by Gasteiger charge is -2.04. The third kappa shape index (κ3) is 1.59. The molecule has 0 saturated carbocycles. The molecule has 0 spiro atoms. The molecular formula is C10H5ClN4O3. The van der Waals surface area contributed by atoms with Crippen LogP contribution in [0.1, 0.15) is 0 Å². The summed E-state index contributed by atoms with van der Waals surface area (Å²) in [4.78, 5) is 28.7. The maximum absolute atomic E-state index is 11.7. The average Bonchev–Trinajstić information content (AvgIpc) is 2.35. The van der Waals surface area contributed by atoms with Crippen LogP contribution in [0.25, 0.3) is 15.9 Å². The summed E-state index contributed by atoms with van der Waals surface area (Å²) in [6, 6.07) is 2.89. The monoisotopic (exact) mass is 264 g/mol. The fourth-order valence-electron chi connectivity index (χ4n) is 1.57. The fourth-order valence-corrected chi connectivity index (χ4v) is 1.86. The highest BCUT2D eigenvalue weighted by Gasteiger charge is 2.26. The number of nitro groups is 1. The molecule has 0 radical (unpaired) electrons. The minimum Gasteiger partial charge on any atom is -0.361 e. The largest absolute Gasteiger partial charge is 0.361 e. The van der Waals surface area contributed by atoms with E-state index in [2.05, 4.69) is 9.83 Å². The average molecular weight is 265 g/mol. The van der Waals surface area contributed by atoms with Crippen LogP contribution in [0.4, 0.5) is 11.5 Å². The molecule has 2 heterocycles. The summed E-state index contributed by atoms with van der Waals surface area (Å²) in [6.45, 7) is 6.84. The maximum atomic E-state index is 11.7. The van der Waals surface area contributed by atoms with E-state index in [9.17, 15) is 14.9 Å². The smallest absolute Gasteiger partial charge is 0.356 e. The van der Waals surface area contributed by atoms with E-state index in [1.807, 2.05) is 0 Å². The zero-order valence-corrected chi connectivity index (χ0v) is 9.80. The molecule has 0 bridgehead atoms. The van der Waals surface area contributed by atoms with Crippen LogP contribution < -0.4 is 5.56 Å². The molecule has 0 aliphatic rings. The van der Waals surface area contributed by atoms with Crippen molar-refractivity contribution in [3.05, 3.63) is 49.0 Å². The number of halogens is 1. The van der Waals surface area contributed by atoms with E-state index in [4.69, 9.17) is 18.2 Å². The molecule has 0 aromatic carbocycles. The Morgan fingerprint density at radius 2 is 2.22 bits per heavy atom. The lowest BCUT2D eigenvalue weighted by Crippen LogP contribution is -2.21. The van der Waals surface area contributed by atoms with Crippen LogP contribution in [0.15, 0.2) is 16.9 Å². The summed E-state index contributed by atoms with van der Waals surface area (Å²) in [6.07, 6.45) is 0. The molecule has 90 valence electrons. The minimum atomic E-state index is -0.851. The number of fused-ring (bicyclic) bond motifs is 1. The quantitative estimate of drug-likeness (QED) is 0.448. The van der Waals surface area contributed by atoms with Gasteiger partial charge in [0.15, 0.2) is 5.02 Å². The van der Waals surface area contributed by atoms with Gasteiger partial charge >= 0.3 is 11.2 Å². The molecule has 0 atom stereocenters. The fraction of sp³-hybridized carbons (Fsp3) is 0.100. The van der Waals surface area contributed by atoms with Gasteiger partial charge in [0.1, 0.15) is 0 Å². The van der Waals surface area contributed by atoms with Gasteiger partial charge in [-0.05, 0) is 12.1 Å². The van der Waals surface area contributed by atoms with Crippen molar-refractivity contribution in [2.75, 3.05) is 0 Å². The summed E-state index contributed by atoms with van der Waals surface area (Å²) in [7, 11) is 1.38. The number of nitrogens with zero attached hydrogens (tertiary/aromatic N) is 4. The Kier molecular flexibility index (Phi) is 2.73. The van der Waals surface area contributed by atoms with Crippen molar-refractivity contribution in [2.45, 2.75) is 0 Å². The number of aromatic nitrogens is 2. The number of rotatable bonds is 1. The highest BCUT2D eigenvalue weighted by Crippen LogP contribution is 2.29. The topological polar surface area (TPSA) is 82.4 Å². The summed E-state index contributed by atoms with van der Waals surface area (Å²) in [5.74, 6) is 0.0531. The van der Waals surface area contributed by atoms with Crippen molar-refractivity contribution in [1.29, 1.82) is 0 Å². The molecule has 2 aromatic rings. The summed E-state index contributed by atoms with van der Waals surface area (Å²) in [5, 5.41) is 10.5. The summed E-state index contributed by atoms with van der Waals surface area (Å²) >= 11 is 5.82. The Labute approximate surface area is 105 Å². The van der Waals surface area contributed by atoms with Gasteiger partial charge in [-0.3, -0.25) is 14.9 Å². The van der Waals surface area contributed by atoms with Crippen LogP contribution >= 0.6 is 11.6 Å². The van der Waals surface area contributed by atoms with Crippen molar-refractivity contribution in [3.8, 4) is 0 Å². The molecule has 8 heteroatoms. The Bertz CT molecular complexity index is 775. The summed E-state index contributed by atoms with van der Waals surface area (Å²) < 4.78 is 1.08. The van der Waals surface area contributed by atoms with Crippen molar-refractivity contribution in [3.63, 3.8) is 0 Å². The van der Waals surface area contributed by atoms with Gasteiger partial charge in [-0.25, -0.2) is 0 Å². The first-order valence-corrected chi connectivity index (χ1v) is 5.06. The molecule has 7 nitrogen and oxygen atoms in total. The van der Waals surface area contributed by atoms with Gasteiger partial charge < -0.3 is 9.41 Å². The highest BCUT2D eigenvalue weighted by atomic mass is 35.5. The van der Waals surface area contributed by atoms with Gasteiger partial charge in [-0.1, -0.05) is 18.2 Å². The van der Waals surface area contributed by atoms with E-state index in [0.29, 0.717) is 5.52 Å². The van der Waals surface area contributed by atoms with Crippen LogP contribution in [-0.2, 0) is 7.05 Å². The Morgan fingerprint density at radius 3 is 2.78 bits per heavy atom. The Balaban J connectivity index is 3.05. The van der Waals surface area contributed by atoms with Crippen LogP contribution in [0.5, 0.6) is 0 Å². The number of hydrogen-bond donors (Lipinski definition) is 0. The zero-order chi connectivity index (χ0) is 13.4. The molecule has 0 saturated heterocycles. The first-order valence-electron chi connectivity index (χ1n) is 4.68. The molecular weight excluding hydrogens is 260 g/mol. The van der Waals surface area contributed by atoms with E-state index >= 15 is 0 Å². The molecule has 2 rings (SSSR count). The van der Waals surface area contributed by atoms with Gasteiger partial charge in [0.25, 0.3) is 5.82 Å². The molecule has 2 aromatic heterocycles. The Hall–Kier alpha value is -2.46. The van der Waals surface area contributed by atoms with Gasteiger partial charge in [0, 0.05) is 7.05 Å². The lowest BCUT2D eigenvalue weighted by molar-refractivity contribution is -0.386. The van der Waals surface area contributed by atoms with Crippen LogP contribution in [0.2, 0.25) is 5.02 Å². The van der Waals surface area contributed by atoms with Crippen molar-refractivity contribution in [2.24, 2.45) is 7.05 Å². The van der Waals surface area contributed by atoms with E-state index < -0.39 is 16.2 Å². The van der Waals surface area contributed by atoms with Gasteiger partial charge in [0.2, 0.25) is 5.52 Å². The number of aryl methyl sites for hydroxylation is 1.